The minimum absolute atomic E-state index is 0.238. The monoisotopic (exact) mass is 352 g/mol. The molecule has 2 aromatic heterocycles. The third kappa shape index (κ3) is 3.69. The standard InChI is InChI=1S/C20H24N4O2/c1-6-14-9-15(7-12(4)18(14)25)19-21-10-17(26-19)16-8-13(5)23-20(24-16)22-11(2)3/h7-11,25H,6H2,1-5H3,(H,22,23,24). The zero-order valence-corrected chi connectivity index (χ0v) is 15.8. The Balaban J connectivity index is 1.98. The van der Waals surface area contributed by atoms with Crippen molar-refractivity contribution in [2.45, 2.75) is 47.1 Å². The molecular formula is C20H24N4O2. The van der Waals surface area contributed by atoms with Crippen molar-refractivity contribution in [2.24, 2.45) is 0 Å². The average molecular weight is 352 g/mol. The Morgan fingerprint density at radius 3 is 2.62 bits per heavy atom. The molecule has 6 nitrogen and oxygen atoms in total. The van der Waals surface area contributed by atoms with Crippen molar-refractivity contribution >= 4 is 5.95 Å². The molecule has 0 amide bonds. The summed E-state index contributed by atoms with van der Waals surface area (Å²) in [6.45, 7) is 9.88. The zero-order chi connectivity index (χ0) is 18.8. The summed E-state index contributed by atoms with van der Waals surface area (Å²) in [5, 5.41) is 13.3. The molecule has 0 saturated carbocycles. The molecule has 0 fully saturated rings. The minimum Gasteiger partial charge on any atom is -0.507 e. The van der Waals surface area contributed by atoms with Crippen molar-refractivity contribution in [2.75, 3.05) is 5.32 Å². The number of hydrogen-bond donors (Lipinski definition) is 2. The van der Waals surface area contributed by atoms with Crippen LogP contribution in [0.3, 0.4) is 0 Å². The Morgan fingerprint density at radius 2 is 1.92 bits per heavy atom. The molecule has 26 heavy (non-hydrogen) atoms. The number of aromatic nitrogens is 3. The van der Waals surface area contributed by atoms with E-state index in [1.807, 2.05) is 52.8 Å². The first kappa shape index (κ1) is 17.9. The normalized spacial score (nSPS) is 11.2. The fraction of sp³-hybridized carbons (Fsp3) is 0.350. The number of rotatable bonds is 5. The maximum Gasteiger partial charge on any atom is 0.226 e. The molecule has 1 aromatic carbocycles. The van der Waals surface area contributed by atoms with E-state index in [9.17, 15) is 5.11 Å². The van der Waals surface area contributed by atoms with Crippen LogP contribution in [0.15, 0.2) is 28.8 Å². The molecule has 0 radical (unpaired) electrons. The molecule has 0 saturated heterocycles. The minimum atomic E-state index is 0.238. The van der Waals surface area contributed by atoms with Crippen molar-refractivity contribution < 1.29 is 9.52 Å². The third-order valence-electron chi connectivity index (χ3n) is 4.04. The highest BCUT2D eigenvalue weighted by Crippen LogP contribution is 2.31. The van der Waals surface area contributed by atoms with Gasteiger partial charge in [0.05, 0.1) is 6.20 Å². The van der Waals surface area contributed by atoms with Crippen LogP contribution in [0.25, 0.3) is 22.9 Å². The number of phenols is 1. The summed E-state index contributed by atoms with van der Waals surface area (Å²) in [5.41, 5.74) is 4.06. The van der Waals surface area contributed by atoms with Crippen LogP contribution in [0.5, 0.6) is 5.75 Å². The van der Waals surface area contributed by atoms with E-state index >= 15 is 0 Å². The summed E-state index contributed by atoms with van der Waals surface area (Å²) in [7, 11) is 0. The van der Waals surface area contributed by atoms with Crippen LogP contribution < -0.4 is 5.32 Å². The van der Waals surface area contributed by atoms with E-state index in [1.165, 1.54) is 0 Å². The maximum atomic E-state index is 10.1. The number of benzene rings is 1. The van der Waals surface area contributed by atoms with E-state index in [2.05, 4.69) is 20.3 Å². The number of hydrogen-bond acceptors (Lipinski definition) is 6. The van der Waals surface area contributed by atoms with Crippen molar-refractivity contribution in [3.63, 3.8) is 0 Å². The Labute approximate surface area is 153 Å². The molecule has 0 bridgehead atoms. The van der Waals surface area contributed by atoms with Crippen LogP contribution in [0, 0.1) is 13.8 Å². The summed E-state index contributed by atoms with van der Waals surface area (Å²) in [6, 6.07) is 5.90. The molecule has 0 unspecified atom stereocenters. The lowest BCUT2D eigenvalue weighted by molar-refractivity contribution is 0.464. The molecule has 3 aromatic rings. The Kier molecular flexibility index (Phi) is 4.93. The van der Waals surface area contributed by atoms with Gasteiger partial charge >= 0.3 is 0 Å². The van der Waals surface area contributed by atoms with Crippen LogP contribution in [-0.2, 0) is 6.42 Å². The van der Waals surface area contributed by atoms with Crippen LogP contribution in [0.2, 0.25) is 0 Å². The number of anilines is 1. The topological polar surface area (TPSA) is 84.1 Å². The predicted octanol–water partition coefficient (Wildman–Crippen LogP) is 4.50. The van der Waals surface area contributed by atoms with Gasteiger partial charge in [0.15, 0.2) is 5.76 Å². The smallest absolute Gasteiger partial charge is 0.226 e. The van der Waals surface area contributed by atoms with Gasteiger partial charge in [0, 0.05) is 17.3 Å². The highest BCUT2D eigenvalue weighted by atomic mass is 16.4. The molecule has 0 aliphatic heterocycles. The van der Waals surface area contributed by atoms with Gasteiger partial charge in [0.1, 0.15) is 11.4 Å². The largest absolute Gasteiger partial charge is 0.507 e. The van der Waals surface area contributed by atoms with Gasteiger partial charge in [-0.1, -0.05) is 6.92 Å². The number of aromatic hydroxyl groups is 1. The van der Waals surface area contributed by atoms with E-state index in [0.717, 1.165) is 28.8 Å². The van der Waals surface area contributed by atoms with Gasteiger partial charge in [-0.2, -0.15) is 0 Å². The van der Waals surface area contributed by atoms with Crippen LogP contribution in [0.4, 0.5) is 5.95 Å². The molecule has 136 valence electrons. The van der Waals surface area contributed by atoms with Crippen molar-refractivity contribution in [3.8, 4) is 28.7 Å². The van der Waals surface area contributed by atoms with Crippen LogP contribution >= 0.6 is 0 Å². The van der Waals surface area contributed by atoms with Crippen molar-refractivity contribution in [1.29, 1.82) is 0 Å². The molecule has 0 aliphatic rings. The van der Waals surface area contributed by atoms with Gasteiger partial charge in [0.2, 0.25) is 11.8 Å². The fourth-order valence-corrected chi connectivity index (χ4v) is 2.79. The van der Waals surface area contributed by atoms with E-state index < -0.39 is 0 Å². The molecular weight excluding hydrogens is 328 g/mol. The summed E-state index contributed by atoms with van der Waals surface area (Å²) in [6.07, 6.45) is 2.41. The molecule has 6 heteroatoms. The van der Waals surface area contributed by atoms with Gasteiger partial charge in [-0.15, -0.1) is 0 Å². The van der Waals surface area contributed by atoms with Crippen molar-refractivity contribution in [1.82, 2.24) is 15.0 Å². The SMILES string of the molecule is CCc1cc(-c2ncc(-c3cc(C)nc(NC(C)C)n3)o2)cc(C)c1O. The molecule has 2 N–H and O–H groups in total. The van der Waals surface area contributed by atoms with Gasteiger partial charge < -0.3 is 14.8 Å². The van der Waals surface area contributed by atoms with Gasteiger partial charge in [-0.3, -0.25) is 0 Å². The zero-order valence-electron chi connectivity index (χ0n) is 15.8. The Morgan fingerprint density at radius 1 is 1.15 bits per heavy atom. The summed E-state index contributed by atoms with van der Waals surface area (Å²) in [4.78, 5) is 13.3. The first-order chi connectivity index (χ1) is 12.4. The number of nitrogens with one attached hydrogen (secondary N) is 1. The Hall–Kier alpha value is -2.89. The summed E-state index contributed by atoms with van der Waals surface area (Å²) >= 11 is 0. The first-order valence-electron chi connectivity index (χ1n) is 8.78. The Bertz CT molecular complexity index is 932. The molecule has 0 spiro atoms. The predicted molar refractivity (Wildman–Crippen MR) is 102 cm³/mol. The molecule has 2 heterocycles. The first-order valence-corrected chi connectivity index (χ1v) is 8.78. The highest BCUT2D eigenvalue weighted by Gasteiger charge is 2.14. The van der Waals surface area contributed by atoms with Crippen LogP contribution in [0.1, 0.15) is 37.6 Å². The number of aryl methyl sites for hydroxylation is 3. The number of oxazole rings is 1. The fourth-order valence-electron chi connectivity index (χ4n) is 2.79. The molecule has 3 rings (SSSR count). The quantitative estimate of drug-likeness (QED) is 0.703. The second kappa shape index (κ2) is 7.15. The lowest BCUT2D eigenvalue weighted by Gasteiger charge is -2.09. The van der Waals surface area contributed by atoms with Gasteiger partial charge in [-0.05, 0) is 63.4 Å². The second-order valence-electron chi connectivity index (χ2n) is 6.70. The van der Waals surface area contributed by atoms with E-state index in [-0.39, 0.29) is 6.04 Å². The number of nitrogens with zero attached hydrogens (tertiary/aromatic N) is 3. The lowest BCUT2D eigenvalue weighted by Crippen LogP contribution is -2.13. The van der Waals surface area contributed by atoms with E-state index in [4.69, 9.17) is 4.42 Å². The van der Waals surface area contributed by atoms with E-state index in [1.54, 1.807) is 6.20 Å². The second-order valence-corrected chi connectivity index (χ2v) is 6.70. The molecule has 0 aliphatic carbocycles. The lowest BCUT2D eigenvalue weighted by atomic mass is 10.0. The maximum absolute atomic E-state index is 10.1. The van der Waals surface area contributed by atoms with Gasteiger partial charge in [0.25, 0.3) is 0 Å². The van der Waals surface area contributed by atoms with E-state index in [0.29, 0.717) is 29.0 Å². The van der Waals surface area contributed by atoms with Crippen molar-refractivity contribution in [3.05, 3.63) is 41.2 Å². The number of phenolic OH excluding ortho intramolecular Hbond substituents is 1. The van der Waals surface area contributed by atoms with Gasteiger partial charge in [-0.25, -0.2) is 15.0 Å². The molecule has 0 atom stereocenters. The summed E-state index contributed by atoms with van der Waals surface area (Å²) in [5.74, 6) is 1.99. The average Bonchev–Trinajstić information content (AvgIpc) is 3.06. The third-order valence-corrected chi connectivity index (χ3v) is 4.04. The highest BCUT2D eigenvalue weighted by molar-refractivity contribution is 5.63. The van der Waals surface area contributed by atoms with Crippen LogP contribution in [-0.4, -0.2) is 26.1 Å². The summed E-state index contributed by atoms with van der Waals surface area (Å²) < 4.78 is 5.95.